The van der Waals surface area contributed by atoms with Gasteiger partial charge in [0.2, 0.25) is 5.91 Å². The summed E-state index contributed by atoms with van der Waals surface area (Å²) in [6, 6.07) is 0.452. The molecule has 2 aliphatic heterocycles. The van der Waals surface area contributed by atoms with Crippen LogP contribution in [0.4, 0.5) is 0 Å². The molecule has 0 aromatic carbocycles. The van der Waals surface area contributed by atoms with Gasteiger partial charge in [0, 0.05) is 25.7 Å². The third-order valence-electron chi connectivity index (χ3n) is 4.24. The number of ether oxygens (including phenoxy) is 1. The van der Waals surface area contributed by atoms with E-state index in [1.807, 2.05) is 6.92 Å². The van der Waals surface area contributed by atoms with Crippen molar-refractivity contribution in [2.45, 2.75) is 51.3 Å². The van der Waals surface area contributed by atoms with Crippen molar-refractivity contribution in [2.75, 3.05) is 32.8 Å². The smallest absolute Gasteiger partial charge is 0.239 e. The molecule has 7 heteroatoms. The molecule has 2 heterocycles. The molecule has 1 unspecified atom stereocenters. The average molecular weight is 342 g/mol. The molecule has 0 saturated carbocycles. The van der Waals surface area contributed by atoms with E-state index < -0.39 is 0 Å². The van der Waals surface area contributed by atoms with Gasteiger partial charge in [-0.2, -0.15) is 0 Å². The molecule has 2 aliphatic rings. The minimum atomic E-state index is -0.201. The Morgan fingerprint density at radius 3 is 2.76 bits per heavy atom. The second kappa shape index (κ2) is 10.6. The van der Waals surface area contributed by atoms with Crippen LogP contribution in [0.5, 0.6) is 0 Å². The standard InChI is InChI=1S/C14H27N3O2.2ClH/c1-11-5-3-4-8-17(11)9-6-16-14(18)13-12(2)19-10-7-15-13;;/h11-13,15H,3-10H2,1-2H3,(H,16,18);2*1H/t11?,12-,13+;;/m1../s1. The minimum absolute atomic E-state index is 0. The first-order valence-corrected chi connectivity index (χ1v) is 7.55. The van der Waals surface area contributed by atoms with Gasteiger partial charge in [-0.25, -0.2) is 0 Å². The summed E-state index contributed by atoms with van der Waals surface area (Å²) in [5.74, 6) is 0.0665. The number of likely N-dealkylation sites (tertiary alicyclic amines) is 1. The van der Waals surface area contributed by atoms with Gasteiger partial charge in [-0.15, -0.1) is 24.8 Å². The molecule has 21 heavy (non-hydrogen) atoms. The highest BCUT2D eigenvalue weighted by molar-refractivity contribution is 5.85. The Morgan fingerprint density at radius 1 is 1.33 bits per heavy atom. The van der Waals surface area contributed by atoms with Crippen LogP contribution in [0, 0.1) is 0 Å². The molecule has 1 amide bonds. The zero-order valence-electron chi connectivity index (χ0n) is 13.0. The normalized spacial score (nSPS) is 29.9. The van der Waals surface area contributed by atoms with Crippen LogP contribution in [0.15, 0.2) is 0 Å². The number of hydrogen-bond acceptors (Lipinski definition) is 4. The maximum atomic E-state index is 12.1. The Bertz CT molecular complexity index is 308. The van der Waals surface area contributed by atoms with Crippen molar-refractivity contribution in [1.82, 2.24) is 15.5 Å². The number of nitrogens with one attached hydrogen (secondary N) is 2. The van der Waals surface area contributed by atoms with Gasteiger partial charge in [-0.05, 0) is 33.2 Å². The van der Waals surface area contributed by atoms with Crippen molar-refractivity contribution in [1.29, 1.82) is 0 Å². The van der Waals surface area contributed by atoms with E-state index in [1.54, 1.807) is 0 Å². The summed E-state index contributed by atoms with van der Waals surface area (Å²) in [4.78, 5) is 14.5. The highest BCUT2D eigenvalue weighted by Gasteiger charge is 2.28. The van der Waals surface area contributed by atoms with Crippen LogP contribution in [0.2, 0.25) is 0 Å². The van der Waals surface area contributed by atoms with E-state index in [1.165, 1.54) is 19.3 Å². The molecule has 2 fully saturated rings. The van der Waals surface area contributed by atoms with Crippen molar-refractivity contribution in [3.8, 4) is 0 Å². The van der Waals surface area contributed by atoms with Gasteiger partial charge < -0.3 is 15.4 Å². The molecule has 0 spiro atoms. The molecule has 2 saturated heterocycles. The van der Waals surface area contributed by atoms with Gasteiger partial charge in [0.05, 0.1) is 12.7 Å². The van der Waals surface area contributed by atoms with E-state index in [4.69, 9.17) is 4.74 Å². The Kier molecular flexibility index (Phi) is 10.6. The predicted octanol–water partition coefficient (Wildman–Crippen LogP) is 1.20. The van der Waals surface area contributed by atoms with Crippen LogP contribution >= 0.6 is 24.8 Å². The summed E-state index contributed by atoms with van der Waals surface area (Å²) in [7, 11) is 0. The molecule has 0 bridgehead atoms. The molecule has 5 nitrogen and oxygen atoms in total. The fourth-order valence-electron chi connectivity index (χ4n) is 2.95. The minimum Gasteiger partial charge on any atom is -0.375 e. The Morgan fingerprint density at radius 2 is 2.10 bits per heavy atom. The summed E-state index contributed by atoms with van der Waals surface area (Å²) in [5.41, 5.74) is 0. The van der Waals surface area contributed by atoms with Gasteiger partial charge in [-0.1, -0.05) is 6.42 Å². The summed E-state index contributed by atoms with van der Waals surface area (Å²) in [6.45, 7) is 8.52. The SMILES string of the molecule is CC1CCCCN1CCNC(=O)[C@H]1NCCO[C@@H]1C.Cl.Cl. The lowest BCUT2D eigenvalue weighted by Gasteiger charge is -2.34. The van der Waals surface area contributed by atoms with E-state index in [0.29, 0.717) is 12.6 Å². The number of morpholine rings is 1. The first-order valence-electron chi connectivity index (χ1n) is 7.55. The van der Waals surface area contributed by atoms with E-state index in [9.17, 15) is 4.79 Å². The lowest BCUT2D eigenvalue weighted by molar-refractivity contribution is -0.129. The summed E-state index contributed by atoms with van der Waals surface area (Å²) >= 11 is 0. The summed E-state index contributed by atoms with van der Waals surface area (Å²) in [5, 5.41) is 6.24. The maximum Gasteiger partial charge on any atom is 0.239 e. The van der Waals surface area contributed by atoms with Crippen LogP contribution < -0.4 is 10.6 Å². The topological polar surface area (TPSA) is 53.6 Å². The van der Waals surface area contributed by atoms with E-state index in [-0.39, 0.29) is 42.9 Å². The maximum absolute atomic E-state index is 12.1. The number of amides is 1. The monoisotopic (exact) mass is 341 g/mol. The Labute approximate surface area is 140 Å². The molecule has 126 valence electrons. The van der Waals surface area contributed by atoms with Crippen LogP contribution in [-0.4, -0.2) is 61.8 Å². The summed E-state index contributed by atoms with van der Waals surface area (Å²) in [6.07, 6.45) is 3.86. The number of piperidine rings is 1. The van der Waals surface area contributed by atoms with Crippen molar-refractivity contribution < 1.29 is 9.53 Å². The zero-order chi connectivity index (χ0) is 13.7. The van der Waals surface area contributed by atoms with Crippen molar-refractivity contribution in [2.24, 2.45) is 0 Å². The van der Waals surface area contributed by atoms with Gasteiger partial charge in [0.25, 0.3) is 0 Å². The van der Waals surface area contributed by atoms with Crippen LogP contribution in [-0.2, 0) is 9.53 Å². The fourth-order valence-corrected chi connectivity index (χ4v) is 2.95. The fraction of sp³-hybridized carbons (Fsp3) is 0.929. The molecule has 3 atom stereocenters. The number of carbonyl (C=O) groups is 1. The molecular weight excluding hydrogens is 313 g/mol. The number of hydrogen-bond donors (Lipinski definition) is 2. The second-order valence-electron chi connectivity index (χ2n) is 5.68. The molecule has 2 rings (SSSR count). The van der Waals surface area contributed by atoms with Gasteiger partial charge in [-0.3, -0.25) is 9.69 Å². The van der Waals surface area contributed by atoms with Crippen molar-refractivity contribution in [3.63, 3.8) is 0 Å². The Balaban J connectivity index is 0.00000200. The summed E-state index contributed by atoms with van der Waals surface area (Å²) < 4.78 is 5.49. The molecule has 0 radical (unpaired) electrons. The van der Waals surface area contributed by atoms with Crippen molar-refractivity contribution in [3.05, 3.63) is 0 Å². The predicted molar refractivity (Wildman–Crippen MR) is 89.6 cm³/mol. The highest BCUT2D eigenvalue weighted by atomic mass is 35.5. The van der Waals surface area contributed by atoms with Crippen LogP contribution in [0.25, 0.3) is 0 Å². The van der Waals surface area contributed by atoms with Crippen LogP contribution in [0.1, 0.15) is 33.1 Å². The highest BCUT2D eigenvalue weighted by Crippen LogP contribution is 2.15. The van der Waals surface area contributed by atoms with E-state index in [0.717, 1.165) is 26.2 Å². The van der Waals surface area contributed by atoms with Gasteiger partial charge in [0.1, 0.15) is 6.04 Å². The third-order valence-corrected chi connectivity index (χ3v) is 4.24. The molecule has 0 aliphatic carbocycles. The largest absolute Gasteiger partial charge is 0.375 e. The van der Waals surface area contributed by atoms with E-state index in [2.05, 4.69) is 22.5 Å². The van der Waals surface area contributed by atoms with Crippen molar-refractivity contribution >= 4 is 30.7 Å². The first-order chi connectivity index (χ1) is 9.18. The van der Waals surface area contributed by atoms with Crippen LogP contribution in [0.3, 0.4) is 0 Å². The molecular formula is C14H29Cl2N3O2. The van der Waals surface area contributed by atoms with Gasteiger partial charge in [0.15, 0.2) is 0 Å². The number of halogens is 2. The van der Waals surface area contributed by atoms with Gasteiger partial charge >= 0.3 is 0 Å². The zero-order valence-corrected chi connectivity index (χ0v) is 14.6. The lowest BCUT2D eigenvalue weighted by atomic mass is 10.0. The first kappa shape index (κ1) is 20.9. The molecule has 2 N–H and O–H groups in total. The Hall–Kier alpha value is -0.0700. The quantitative estimate of drug-likeness (QED) is 0.806. The number of carbonyl (C=O) groups excluding carboxylic acids is 1. The molecule has 0 aromatic heterocycles. The second-order valence-corrected chi connectivity index (χ2v) is 5.68. The number of rotatable bonds is 4. The lowest BCUT2D eigenvalue weighted by Crippen LogP contribution is -2.56. The average Bonchev–Trinajstić information content (AvgIpc) is 2.41. The van der Waals surface area contributed by atoms with E-state index >= 15 is 0 Å². The number of nitrogens with zero attached hydrogens (tertiary/aromatic N) is 1. The third kappa shape index (κ3) is 6.28. The molecule has 0 aromatic rings.